The summed E-state index contributed by atoms with van der Waals surface area (Å²) in [6.07, 6.45) is 0. The van der Waals surface area contributed by atoms with Crippen LogP contribution in [-0.2, 0) is 27.2 Å². The minimum absolute atomic E-state index is 0. The van der Waals surface area contributed by atoms with E-state index < -0.39 is 10.4 Å². The third-order valence-electron chi connectivity index (χ3n) is 0. The van der Waals surface area contributed by atoms with E-state index in [1.165, 1.54) is 0 Å². The SMILES string of the molecule is O.O=S(=O)(O)O.[Co+3].[NH2-].[NH2-].[NH2-].[NH2-].[OH-]. The molecule has 0 radical (unpaired) electrons. The van der Waals surface area contributed by atoms with Gasteiger partial charge in [0.1, 0.15) is 0 Å². The Kier molecular flexibility index (Phi) is 223. The molecule has 0 fully saturated rings. The van der Waals surface area contributed by atoms with E-state index in [0.717, 1.165) is 0 Å². The molecular weight excluding hydrogens is 243 g/mol. The zero-order valence-electron chi connectivity index (χ0n) is 5.71. The zero-order chi connectivity index (χ0) is 4.50. The van der Waals surface area contributed by atoms with Crippen LogP contribution in [-0.4, -0.2) is 28.5 Å². The van der Waals surface area contributed by atoms with Crippen molar-refractivity contribution in [3.05, 3.63) is 24.6 Å². The van der Waals surface area contributed by atoms with Gasteiger partial charge in [-0.2, -0.15) is 8.42 Å². The minimum atomic E-state index is -4.67. The van der Waals surface area contributed by atoms with Gasteiger partial charge >= 0.3 is 27.2 Å². The Morgan fingerprint density at radius 3 is 0.833 bits per heavy atom. The third-order valence-corrected chi connectivity index (χ3v) is 0. The average Bonchev–Trinajstić information content (AvgIpc) is 0.722. The summed E-state index contributed by atoms with van der Waals surface area (Å²) in [7, 11) is -4.67. The Bertz CT molecular complexity index is 103. The maximum atomic E-state index is 8.74. The molecular formula is H13CoN4O6S-2. The summed E-state index contributed by atoms with van der Waals surface area (Å²) in [6, 6.07) is 0. The van der Waals surface area contributed by atoms with E-state index in [0.29, 0.717) is 0 Å². The fourth-order valence-electron chi connectivity index (χ4n) is 0. The van der Waals surface area contributed by atoms with Crippen LogP contribution in [0.4, 0.5) is 0 Å². The van der Waals surface area contributed by atoms with E-state index >= 15 is 0 Å². The van der Waals surface area contributed by atoms with Crippen LogP contribution in [0.15, 0.2) is 0 Å². The van der Waals surface area contributed by atoms with E-state index in [2.05, 4.69) is 0 Å². The van der Waals surface area contributed by atoms with E-state index in [1.807, 2.05) is 0 Å². The number of rotatable bonds is 0. The molecule has 0 spiro atoms. The predicted molar refractivity (Wildman–Crippen MR) is 40.9 cm³/mol. The van der Waals surface area contributed by atoms with Gasteiger partial charge in [0.25, 0.3) is 0 Å². The number of nitrogens with two attached hydrogens (primary N) is 4. The molecule has 0 aliphatic carbocycles. The average molecular weight is 256 g/mol. The molecule has 0 amide bonds. The van der Waals surface area contributed by atoms with Crippen molar-refractivity contribution in [2.45, 2.75) is 0 Å². The fourth-order valence-corrected chi connectivity index (χ4v) is 0. The molecule has 0 saturated heterocycles. The predicted octanol–water partition coefficient (Wildman–Crippen LogP) is 1.21. The van der Waals surface area contributed by atoms with Gasteiger partial charge in [-0.1, -0.05) is 0 Å². The first-order valence-corrected chi connectivity index (χ1v) is 2.10. The van der Waals surface area contributed by atoms with Crippen molar-refractivity contribution in [1.29, 1.82) is 0 Å². The molecule has 0 bridgehead atoms. The molecule has 12 heteroatoms. The van der Waals surface area contributed by atoms with Gasteiger partial charge in [-0.3, -0.25) is 9.11 Å². The molecule has 0 unspecified atom stereocenters. The van der Waals surface area contributed by atoms with Gasteiger partial charge < -0.3 is 35.6 Å². The Balaban J connectivity index is -0.00000000381. The van der Waals surface area contributed by atoms with Crippen molar-refractivity contribution in [3.8, 4) is 0 Å². The second-order valence-electron chi connectivity index (χ2n) is 0.448. The second kappa shape index (κ2) is 30.4. The summed E-state index contributed by atoms with van der Waals surface area (Å²) >= 11 is 0. The topological polar surface area (TPSA) is 270 Å². The van der Waals surface area contributed by atoms with E-state index in [1.54, 1.807) is 0 Å². The van der Waals surface area contributed by atoms with Crippen molar-refractivity contribution in [2.75, 3.05) is 0 Å². The fraction of sp³-hybridized carbons (Fsp3) is 0. The van der Waals surface area contributed by atoms with Crippen molar-refractivity contribution < 1.29 is 45.3 Å². The molecule has 0 rings (SSSR count). The zero-order valence-corrected chi connectivity index (χ0v) is 7.57. The van der Waals surface area contributed by atoms with Gasteiger partial charge in [-0.15, -0.1) is 0 Å². The Morgan fingerprint density at radius 2 is 0.833 bits per heavy atom. The smallest absolute Gasteiger partial charge is 0.870 e. The first kappa shape index (κ1) is 88.0. The van der Waals surface area contributed by atoms with Gasteiger partial charge in [0.15, 0.2) is 0 Å². The van der Waals surface area contributed by atoms with Crippen LogP contribution in [0.5, 0.6) is 0 Å². The normalized spacial score (nSPS) is 4.83. The van der Waals surface area contributed by atoms with E-state index in [4.69, 9.17) is 17.5 Å². The number of hydrogen-bond acceptors (Lipinski definition) is 3. The first-order valence-electron chi connectivity index (χ1n) is 0.698. The van der Waals surface area contributed by atoms with Crippen molar-refractivity contribution in [3.63, 3.8) is 0 Å². The van der Waals surface area contributed by atoms with Crippen molar-refractivity contribution in [2.24, 2.45) is 0 Å². The Morgan fingerprint density at radius 1 is 0.833 bits per heavy atom. The molecule has 10 nitrogen and oxygen atoms in total. The van der Waals surface area contributed by atoms with E-state index in [-0.39, 0.29) is 52.3 Å². The molecule has 0 aromatic rings. The van der Waals surface area contributed by atoms with Crippen LogP contribution < -0.4 is 0 Å². The van der Waals surface area contributed by atoms with Gasteiger partial charge in [-0.25, -0.2) is 0 Å². The van der Waals surface area contributed by atoms with Gasteiger partial charge in [0, 0.05) is 0 Å². The van der Waals surface area contributed by atoms with E-state index in [9.17, 15) is 0 Å². The molecule has 12 heavy (non-hydrogen) atoms. The Labute approximate surface area is 80.8 Å². The van der Waals surface area contributed by atoms with Crippen LogP contribution in [0.25, 0.3) is 24.6 Å². The summed E-state index contributed by atoms with van der Waals surface area (Å²) in [5.74, 6) is 0. The summed E-state index contributed by atoms with van der Waals surface area (Å²) in [5.41, 5.74) is 0. The maximum Gasteiger partial charge on any atom is 3.00 e. The molecule has 86 valence electrons. The summed E-state index contributed by atoms with van der Waals surface area (Å²) in [4.78, 5) is 0. The molecule has 0 aliphatic rings. The van der Waals surface area contributed by atoms with Crippen molar-refractivity contribution in [1.82, 2.24) is 0 Å². The quantitative estimate of drug-likeness (QED) is 0.602. The third kappa shape index (κ3) is 45400. The van der Waals surface area contributed by atoms with Gasteiger partial charge in [0.2, 0.25) is 0 Å². The van der Waals surface area contributed by atoms with Gasteiger partial charge in [0.05, 0.1) is 0 Å². The van der Waals surface area contributed by atoms with Crippen LogP contribution >= 0.6 is 0 Å². The molecule has 0 aromatic carbocycles. The summed E-state index contributed by atoms with van der Waals surface area (Å²) in [5, 5.41) is 0. The van der Waals surface area contributed by atoms with Gasteiger partial charge in [-0.05, 0) is 0 Å². The maximum absolute atomic E-state index is 8.74. The molecule has 0 atom stereocenters. The minimum Gasteiger partial charge on any atom is -0.870 e. The first-order chi connectivity index (χ1) is 2.00. The molecule has 13 N–H and O–H groups in total. The summed E-state index contributed by atoms with van der Waals surface area (Å²) in [6.45, 7) is 0. The monoisotopic (exact) mass is 256 g/mol. The standard InChI is InChI=1S/Co.4H2N.H2O4S.2H2O/c;;;;;1-5(2,3)4;;/h;4*1H2;(H2,1,2,3,4);2*1H2/q+3;4*-1;;;/p-1. The second-order valence-corrected chi connectivity index (χ2v) is 1.34. The number of hydrogen-bond donors (Lipinski definition) is 2. The molecule has 0 aromatic heterocycles. The van der Waals surface area contributed by atoms with Crippen LogP contribution in [0.1, 0.15) is 0 Å². The Hall–Kier alpha value is 0.136. The largest absolute Gasteiger partial charge is 3.00 e. The molecule has 0 saturated carbocycles. The molecule has 0 heterocycles. The molecule has 0 aliphatic heterocycles. The van der Waals surface area contributed by atoms with Crippen molar-refractivity contribution >= 4 is 10.4 Å². The van der Waals surface area contributed by atoms with Crippen LogP contribution in [0.2, 0.25) is 0 Å². The van der Waals surface area contributed by atoms with Crippen LogP contribution in [0.3, 0.4) is 0 Å². The van der Waals surface area contributed by atoms with Crippen LogP contribution in [0, 0.1) is 0 Å². The summed E-state index contributed by atoms with van der Waals surface area (Å²) < 4.78 is 31.6.